The Labute approximate surface area is 170 Å². The van der Waals surface area contributed by atoms with E-state index in [0.717, 1.165) is 48.2 Å². The zero-order valence-electron chi connectivity index (χ0n) is 16.3. The number of aliphatic imine (C=N–C) groups is 2. The van der Waals surface area contributed by atoms with Gasteiger partial charge in [-0.05, 0) is 26.1 Å². The fourth-order valence-corrected chi connectivity index (χ4v) is 3.94. The molecule has 0 spiro atoms. The number of hydrogen-bond acceptors (Lipinski definition) is 5. The molecule has 0 saturated carbocycles. The monoisotopic (exact) mass is 395 g/mol. The predicted molar refractivity (Wildman–Crippen MR) is 116 cm³/mol. The summed E-state index contributed by atoms with van der Waals surface area (Å²) in [5.74, 6) is 0.935. The van der Waals surface area contributed by atoms with E-state index in [1.807, 2.05) is 47.5 Å². The van der Waals surface area contributed by atoms with E-state index in [2.05, 4.69) is 26.6 Å². The van der Waals surface area contributed by atoms with E-state index in [4.69, 9.17) is 0 Å². The molecule has 2 heterocycles. The molecule has 1 aliphatic rings. The molecule has 2 aromatic rings. The maximum atomic E-state index is 13.3. The van der Waals surface area contributed by atoms with Gasteiger partial charge in [0.25, 0.3) is 5.91 Å². The molecule has 6 nitrogen and oxygen atoms in total. The van der Waals surface area contributed by atoms with Gasteiger partial charge in [0.15, 0.2) is 0 Å². The lowest BCUT2D eigenvalue weighted by Crippen LogP contribution is -2.37. The average molecular weight is 396 g/mol. The summed E-state index contributed by atoms with van der Waals surface area (Å²) in [6, 6.07) is 7.71. The van der Waals surface area contributed by atoms with Crippen LogP contribution in [0.3, 0.4) is 0 Å². The normalized spacial score (nSPS) is 16.1. The molecular weight excluding hydrogens is 370 g/mol. The highest BCUT2D eigenvalue weighted by Gasteiger charge is 2.23. The van der Waals surface area contributed by atoms with Gasteiger partial charge < -0.3 is 9.80 Å². The van der Waals surface area contributed by atoms with Gasteiger partial charge in [0.05, 0.1) is 0 Å². The van der Waals surface area contributed by atoms with Crippen LogP contribution in [-0.2, 0) is 0 Å². The van der Waals surface area contributed by atoms with Crippen LogP contribution in [0.4, 0.5) is 0 Å². The van der Waals surface area contributed by atoms with Crippen molar-refractivity contribution in [2.45, 2.75) is 13.3 Å². The minimum atomic E-state index is 0.0575. The maximum absolute atomic E-state index is 13.3. The molecule has 1 aliphatic heterocycles. The molecule has 28 heavy (non-hydrogen) atoms. The summed E-state index contributed by atoms with van der Waals surface area (Å²) in [6.45, 7) is 8.43. The van der Waals surface area contributed by atoms with Crippen molar-refractivity contribution in [1.29, 1.82) is 0 Å². The number of rotatable bonds is 4. The first kappa shape index (κ1) is 19.9. The minimum Gasteiger partial charge on any atom is -0.355 e. The molecule has 7 heteroatoms. The fraction of sp³-hybridized carbons (Fsp3) is 0.333. The number of amidine groups is 1. The average Bonchev–Trinajstić information content (AvgIpc) is 3.16. The van der Waals surface area contributed by atoms with Crippen LogP contribution < -0.4 is 0 Å². The Balaban J connectivity index is 1.76. The molecule has 0 radical (unpaired) electrons. The molecule has 0 N–H and O–H groups in total. The number of nitrogens with zero attached hydrogens (tertiary/aromatic N) is 5. The molecule has 1 aromatic carbocycles. The minimum absolute atomic E-state index is 0.0575. The van der Waals surface area contributed by atoms with Gasteiger partial charge in [-0.3, -0.25) is 14.8 Å². The summed E-state index contributed by atoms with van der Waals surface area (Å²) in [5, 5.41) is 2.80. The Hall–Kier alpha value is -2.80. The first-order chi connectivity index (χ1) is 13.6. The second kappa shape index (κ2) is 9.41. The van der Waals surface area contributed by atoms with Crippen molar-refractivity contribution in [3.8, 4) is 10.6 Å². The Morgan fingerprint density at radius 3 is 2.68 bits per heavy atom. The van der Waals surface area contributed by atoms with Gasteiger partial charge in [-0.1, -0.05) is 18.2 Å². The number of amides is 1. The van der Waals surface area contributed by atoms with Crippen LogP contribution in [0.25, 0.3) is 10.6 Å². The van der Waals surface area contributed by atoms with E-state index >= 15 is 0 Å². The molecule has 1 amide bonds. The number of aromatic nitrogens is 1. The smallest absolute Gasteiger partial charge is 0.254 e. The molecule has 0 unspecified atom stereocenters. The SMILES string of the molecule is C=N/C(C)=C\C(=N/C)N1CCCN(C(=O)c2ccccc2-c2nccs2)CC1. The highest BCUT2D eigenvalue weighted by atomic mass is 32.1. The second-order valence-electron chi connectivity index (χ2n) is 6.54. The van der Waals surface area contributed by atoms with Crippen molar-refractivity contribution >= 4 is 29.8 Å². The molecule has 0 atom stereocenters. The Bertz CT molecular complexity index is 888. The largest absolute Gasteiger partial charge is 0.355 e. The summed E-state index contributed by atoms with van der Waals surface area (Å²) in [7, 11) is 1.78. The highest BCUT2D eigenvalue weighted by molar-refractivity contribution is 7.13. The van der Waals surface area contributed by atoms with E-state index in [9.17, 15) is 4.79 Å². The van der Waals surface area contributed by atoms with Gasteiger partial charge in [0.1, 0.15) is 10.8 Å². The number of allylic oxidation sites excluding steroid dienone is 1. The van der Waals surface area contributed by atoms with Gasteiger partial charge >= 0.3 is 0 Å². The summed E-state index contributed by atoms with van der Waals surface area (Å²) in [6.07, 6.45) is 4.59. The Morgan fingerprint density at radius 1 is 1.21 bits per heavy atom. The second-order valence-corrected chi connectivity index (χ2v) is 7.44. The van der Waals surface area contributed by atoms with Crippen molar-refractivity contribution in [2.24, 2.45) is 9.98 Å². The van der Waals surface area contributed by atoms with E-state index in [-0.39, 0.29) is 5.91 Å². The van der Waals surface area contributed by atoms with E-state index < -0.39 is 0 Å². The number of carbonyl (C=O) groups excluding carboxylic acids is 1. The zero-order chi connectivity index (χ0) is 19.9. The van der Waals surface area contributed by atoms with E-state index in [1.165, 1.54) is 0 Å². The molecule has 3 rings (SSSR count). The first-order valence-corrected chi connectivity index (χ1v) is 10.2. The molecule has 1 saturated heterocycles. The van der Waals surface area contributed by atoms with Gasteiger partial charge in [0, 0.05) is 67.7 Å². The van der Waals surface area contributed by atoms with Crippen LogP contribution in [0.1, 0.15) is 23.7 Å². The van der Waals surface area contributed by atoms with Gasteiger partial charge in [0.2, 0.25) is 0 Å². The lowest BCUT2D eigenvalue weighted by atomic mass is 10.1. The molecular formula is C21H25N5OS. The maximum Gasteiger partial charge on any atom is 0.254 e. The topological polar surface area (TPSA) is 61.2 Å². The summed E-state index contributed by atoms with van der Waals surface area (Å²) < 4.78 is 0. The Kier molecular flexibility index (Phi) is 6.71. The van der Waals surface area contributed by atoms with Crippen molar-refractivity contribution in [2.75, 3.05) is 33.2 Å². The van der Waals surface area contributed by atoms with Gasteiger partial charge in [-0.15, -0.1) is 11.3 Å². The van der Waals surface area contributed by atoms with Crippen LogP contribution in [0.2, 0.25) is 0 Å². The summed E-state index contributed by atoms with van der Waals surface area (Å²) in [5.41, 5.74) is 2.44. The van der Waals surface area contributed by atoms with E-state index in [1.54, 1.807) is 24.6 Å². The van der Waals surface area contributed by atoms with Crippen LogP contribution in [0.5, 0.6) is 0 Å². The van der Waals surface area contributed by atoms with Crippen molar-refractivity contribution in [3.63, 3.8) is 0 Å². The molecule has 1 fully saturated rings. The van der Waals surface area contributed by atoms with Crippen molar-refractivity contribution < 1.29 is 4.79 Å². The number of thiazole rings is 1. The Morgan fingerprint density at radius 2 is 1.96 bits per heavy atom. The predicted octanol–water partition coefficient (Wildman–Crippen LogP) is 3.59. The lowest BCUT2D eigenvalue weighted by Gasteiger charge is -2.24. The quantitative estimate of drug-likeness (QED) is 0.587. The molecule has 0 bridgehead atoms. The standard InChI is InChI=1S/C21H25N5OS/c1-16(22-2)15-19(23-3)25-10-6-11-26(13-12-25)21(27)18-8-5-4-7-17(18)20-24-9-14-28-20/h4-5,7-9,14-15H,2,6,10-13H2,1,3H3/b16-15-,23-19+. The number of benzene rings is 1. The third-order valence-corrected chi connectivity index (χ3v) is 5.55. The number of carbonyl (C=O) groups is 1. The van der Waals surface area contributed by atoms with Gasteiger partial charge in [-0.2, -0.15) is 0 Å². The highest BCUT2D eigenvalue weighted by Crippen LogP contribution is 2.26. The lowest BCUT2D eigenvalue weighted by molar-refractivity contribution is 0.0765. The van der Waals surface area contributed by atoms with Crippen molar-refractivity contribution in [1.82, 2.24) is 14.8 Å². The van der Waals surface area contributed by atoms with Crippen LogP contribution in [0, 0.1) is 0 Å². The van der Waals surface area contributed by atoms with E-state index in [0.29, 0.717) is 12.1 Å². The number of hydrogen-bond donors (Lipinski definition) is 0. The van der Waals surface area contributed by atoms with Gasteiger partial charge in [-0.25, -0.2) is 4.98 Å². The van der Waals surface area contributed by atoms with Crippen LogP contribution in [0.15, 0.2) is 57.6 Å². The summed E-state index contributed by atoms with van der Waals surface area (Å²) >= 11 is 1.55. The molecule has 1 aromatic heterocycles. The van der Waals surface area contributed by atoms with Crippen molar-refractivity contribution in [3.05, 3.63) is 53.2 Å². The molecule has 146 valence electrons. The molecule has 0 aliphatic carbocycles. The zero-order valence-corrected chi connectivity index (χ0v) is 17.2. The fourth-order valence-electron chi connectivity index (χ4n) is 3.26. The first-order valence-electron chi connectivity index (χ1n) is 9.29. The van der Waals surface area contributed by atoms with Crippen LogP contribution >= 0.6 is 11.3 Å². The summed E-state index contributed by atoms with van der Waals surface area (Å²) in [4.78, 5) is 30.1. The third-order valence-electron chi connectivity index (χ3n) is 4.74. The van der Waals surface area contributed by atoms with Crippen LogP contribution in [-0.4, -0.2) is 66.5 Å². The third kappa shape index (κ3) is 4.54.